The van der Waals surface area contributed by atoms with Crippen LogP contribution in [0, 0.1) is 51.2 Å². The van der Waals surface area contributed by atoms with Crippen LogP contribution in [0.15, 0.2) is 0 Å². The second-order valence-corrected chi connectivity index (χ2v) is 15.7. The van der Waals surface area contributed by atoms with Gasteiger partial charge >= 0.3 is 5.97 Å². The van der Waals surface area contributed by atoms with E-state index in [1.807, 2.05) is 0 Å². The predicted molar refractivity (Wildman–Crippen MR) is 142 cm³/mol. The predicted octanol–water partition coefficient (Wildman–Crippen LogP) is 5.83. The van der Waals surface area contributed by atoms with Crippen molar-refractivity contribution in [2.24, 2.45) is 51.2 Å². The molecule has 2 N–H and O–H groups in total. The molecule has 11 unspecified atom stereocenters. The van der Waals surface area contributed by atoms with Gasteiger partial charge in [-0.25, -0.2) is 0 Å². The van der Waals surface area contributed by atoms with Crippen molar-refractivity contribution in [3.05, 3.63) is 0 Å². The number of carbonyl (C=O) groups is 1. The van der Waals surface area contributed by atoms with Crippen molar-refractivity contribution in [1.29, 1.82) is 0 Å². The van der Waals surface area contributed by atoms with Gasteiger partial charge in [-0.3, -0.25) is 4.79 Å². The van der Waals surface area contributed by atoms with Crippen molar-refractivity contribution in [2.75, 3.05) is 0 Å². The van der Waals surface area contributed by atoms with Crippen molar-refractivity contribution in [3.8, 4) is 0 Å². The smallest absolute Gasteiger partial charge is 0.302 e. The van der Waals surface area contributed by atoms with Gasteiger partial charge in [0.2, 0.25) is 0 Å². The van der Waals surface area contributed by atoms with E-state index in [9.17, 15) is 9.90 Å². The maximum atomic E-state index is 12.1. The number of hydrogen-bond donors (Lipinski definition) is 2. The fourth-order valence-corrected chi connectivity index (χ4v) is 13.2. The Hall–Kier alpha value is -0.650. The van der Waals surface area contributed by atoms with Crippen LogP contribution in [0.2, 0.25) is 0 Å². The number of aliphatic hydroxyl groups excluding tert-OH is 1. The minimum atomic E-state index is -0.875. The molecule has 3 heterocycles. The fourth-order valence-electron chi connectivity index (χ4n) is 13.2. The molecule has 0 amide bonds. The maximum absolute atomic E-state index is 12.1. The second kappa shape index (κ2) is 7.75. The minimum Gasteiger partial charge on any atom is -0.462 e. The minimum absolute atomic E-state index is 0.193. The van der Waals surface area contributed by atoms with Crippen LogP contribution in [0.1, 0.15) is 112 Å². The SMILES string of the molecule is CC(=O)OC1CCC2(C)OC(O)C1(C)C2CCC12C3NC4C(CC[C@@]45CCC[C@@H]15)C2(C)CCC3C(C)C. The van der Waals surface area contributed by atoms with Crippen molar-refractivity contribution in [1.82, 2.24) is 5.32 Å². The highest BCUT2D eigenvalue weighted by molar-refractivity contribution is 5.66. The molecule has 208 valence electrons. The standard InChI is InChI=1S/C32H51NO4/c1-18(2)20-9-14-28(4)21-10-16-31-13-7-8-23(31)32(28,25(20)33-26(21)31)17-11-22-29(5)15-12-24(36-19(3)34)30(22,6)27(35)37-29/h18,20-27,33,35H,7-17H2,1-6H3/t20?,21?,22?,23-,24?,25?,26?,27?,28?,29?,30?,31-,32?/m1/s1. The topological polar surface area (TPSA) is 67.8 Å². The molecule has 5 nitrogen and oxygen atoms in total. The molecule has 13 atom stereocenters. The van der Waals surface area contributed by atoms with Crippen molar-refractivity contribution in [2.45, 2.75) is 142 Å². The van der Waals surface area contributed by atoms with Crippen molar-refractivity contribution in [3.63, 3.8) is 0 Å². The summed E-state index contributed by atoms with van der Waals surface area (Å²) in [6, 6.07) is 1.34. The van der Waals surface area contributed by atoms with Crippen LogP contribution in [0.25, 0.3) is 0 Å². The molecule has 5 saturated carbocycles. The Morgan fingerprint density at radius 2 is 1.84 bits per heavy atom. The molecule has 8 bridgehead atoms. The Morgan fingerprint density at radius 1 is 1.05 bits per heavy atom. The summed E-state index contributed by atoms with van der Waals surface area (Å²) in [5.41, 5.74) is 0.348. The second-order valence-electron chi connectivity index (χ2n) is 15.7. The molecule has 8 rings (SSSR count). The summed E-state index contributed by atoms with van der Waals surface area (Å²) in [5, 5.41) is 15.7. The highest BCUT2D eigenvalue weighted by Crippen LogP contribution is 2.81. The van der Waals surface area contributed by atoms with Gasteiger partial charge in [0.15, 0.2) is 6.29 Å². The average Bonchev–Trinajstić information content (AvgIpc) is 3.44. The van der Waals surface area contributed by atoms with Crippen LogP contribution in [0.4, 0.5) is 0 Å². The van der Waals surface area contributed by atoms with Crippen LogP contribution >= 0.6 is 0 Å². The molecule has 1 spiro atoms. The average molecular weight is 514 g/mol. The third-order valence-electron chi connectivity index (χ3n) is 14.6. The molecule has 5 heteroatoms. The summed E-state index contributed by atoms with van der Waals surface area (Å²) in [5.74, 6) is 3.05. The van der Waals surface area contributed by atoms with Gasteiger partial charge in [0, 0.05) is 24.9 Å². The number of carbonyl (C=O) groups excluding carboxylic acids is 1. The van der Waals surface area contributed by atoms with Crippen LogP contribution in [0.5, 0.6) is 0 Å². The molecule has 8 aliphatic rings. The van der Waals surface area contributed by atoms with Gasteiger partial charge in [-0.05, 0) is 111 Å². The van der Waals surface area contributed by atoms with Gasteiger partial charge in [0.25, 0.3) is 0 Å². The number of rotatable bonds is 5. The van der Waals surface area contributed by atoms with Crippen LogP contribution in [0.3, 0.4) is 0 Å². The number of ether oxygens (including phenoxy) is 2. The summed E-state index contributed by atoms with van der Waals surface area (Å²) < 4.78 is 12.3. The van der Waals surface area contributed by atoms with Crippen LogP contribution in [-0.2, 0) is 14.3 Å². The molecule has 3 saturated heterocycles. The molecule has 3 aliphatic heterocycles. The number of piperidine rings is 2. The Kier molecular flexibility index (Phi) is 5.31. The zero-order valence-electron chi connectivity index (χ0n) is 24.1. The zero-order chi connectivity index (χ0) is 26.2. The fraction of sp³-hybridized carbons (Fsp3) is 0.969. The van der Waals surface area contributed by atoms with Gasteiger partial charge in [-0.1, -0.05) is 34.1 Å². The number of hydrogen-bond acceptors (Lipinski definition) is 5. The van der Waals surface area contributed by atoms with Gasteiger partial charge in [0.1, 0.15) is 6.10 Å². The molecule has 5 aliphatic carbocycles. The third kappa shape index (κ3) is 2.81. The molecule has 8 fully saturated rings. The Bertz CT molecular complexity index is 984. The van der Waals surface area contributed by atoms with Gasteiger partial charge < -0.3 is 19.9 Å². The molecular formula is C32H51NO4. The van der Waals surface area contributed by atoms with E-state index in [0.29, 0.717) is 28.2 Å². The monoisotopic (exact) mass is 513 g/mol. The van der Waals surface area contributed by atoms with Gasteiger partial charge in [-0.15, -0.1) is 0 Å². The van der Waals surface area contributed by atoms with Crippen LogP contribution in [-0.4, -0.2) is 41.2 Å². The maximum Gasteiger partial charge on any atom is 0.302 e. The van der Waals surface area contributed by atoms with Gasteiger partial charge in [-0.2, -0.15) is 0 Å². The molecule has 0 aromatic rings. The first-order valence-electron chi connectivity index (χ1n) is 15.7. The summed E-state index contributed by atoms with van der Waals surface area (Å²) in [6.07, 6.45) is 12.6. The molecular weight excluding hydrogens is 462 g/mol. The molecule has 0 aromatic heterocycles. The number of esters is 1. The van der Waals surface area contributed by atoms with Crippen molar-refractivity contribution < 1.29 is 19.4 Å². The Balaban J connectivity index is 1.30. The Labute approximate surface area is 224 Å². The first-order chi connectivity index (χ1) is 17.4. The van der Waals surface area contributed by atoms with E-state index < -0.39 is 11.7 Å². The lowest BCUT2D eigenvalue weighted by molar-refractivity contribution is -0.249. The lowest BCUT2D eigenvalue weighted by Gasteiger charge is -2.76. The zero-order valence-corrected chi connectivity index (χ0v) is 24.1. The van der Waals surface area contributed by atoms with E-state index in [4.69, 9.17) is 9.47 Å². The van der Waals surface area contributed by atoms with E-state index in [1.165, 1.54) is 58.3 Å². The van der Waals surface area contributed by atoms with E-state index in [1.54, 1.807) is 0 Å². The first-order valence-corrected chi connectivity index (χ1v) is 15.7. The number of fused-ring (bicyclic) bond motifs is 2. The van der Waals surface area contributed by atoms with E-state index in [0.717, 1.165) is 43.1 Å². The lowest BCUT2D eigenvalue weighted by Crippen LogP contribution is -2.80. The summed E-state index contributed by atoms with van der Waals surface area (Å²) >= 11 is 0. The highest BCUT2D eigenvalue weighted by atomic mass is 16.6. The molecule has 37 heavy (non-hydrogen) atoms. The van der Waals surface area contributed by atoms with E-state index in [2.05, 4.69) is 39.9 Å². The number of nitrogens with one attached hydrogen (secondary N) is 1. The van der Waals surface area contributed by atoms with Crippen molar-refractivity contribution >= 4 is 5.97 Å². The summed E-state index contributed by atoms with van der Waals surface area (Å²) in [6.45, 7) is 13.5. The largest absolute Gasteiger partial charge is 0.462 e. The highest BCUT2D eigenvalue weighted by Gasteiger charge is 2.80. The van der Waals surface area contributed by atoms with E-state index >= 15 is 0 Å². The number of aliphatic hydroxyl groups is 1. The first kappa shape index (κ1) is 25.3. The quantitative estimate of drug-likeness (QED) is 0.453. The third-order valence-corrected chi connectivity index (χ3v) is 14.6. The van der Waals surface area contributed by atoms with E-state index in [-0.39, 0.29) is 23.6 Å². The van der Waals surface area contributed by atoms with Gasteiger partial charge in [0.05, 0.1) is 11.0 Å². The normalized spacial score (nSPS) is 59.1. The summed E-state index contributed by atoms with van der Waals surface area (Å²) in [4.78, 5) is 12.1. The summed E-state index contributed by atoms with van der Waals surface area (Å²) in [7, 11) is 0. The lowest BCUT2D eigenvalue weighted by atomic mass is 9.33. The van der Waals surface area contributed by atoms with Crippen LogP contribution < -0.4 is 5.32 Å². The molecule has 0 aromatic carbocycles. The Morgan fingerprint density at radius 3 is 2.57 bits per heavy atom. The molecule has 0 radical (unpaired) electrons.